The molecule has 0 saturated heterocycles. The van der Waals surface area contributed by atoms with Crippen LogP contribution >= 0.6 is 0 Å². The van der Waals surface area contributed by atoms with Gasteiger partial charge in [-0.3, -0.25) is 0 Å². The fraction of sp³-hybridized carbons (Fsp3) is 0.214. The van der Waals surface area contributed by atoms with E-state index in [0.29, 0.717) is 0 Å². The van der Waals surface area contributed by atoms with E-state index in [1.807, 2.05) is 0 Å². The normalized spacial score (nSPS) is 12.1. The summed E-state index contributed by atoms with van der Waals surface area (Å²) in [4.78, 5) is 4.35. The third-order valence-corrected chi connectivity index (χ3v) is 7.04. The van der Waals surface area contributed by atoms with Crippen molar-refractivity contribution in [3.8, 4) is 0 Å². The fourth-order valence-corrected chi connectivity index (χ4v) is 5.58. The van der Waals surface area contributed by atoms with Gasteiger partial charge in [-0.2, -0.15) is 0 Å². The van der Waals surface area contributed by atoms with Crippen LogP contribution in [0.2, 0.25) is 0 Å². The van der Waals surface area contributed by atoms with Crippen molar-refractivity contribution in [2.24, 2.45) is 14.1 Å². The zero-order valence-electron chi connectivity index (χ0n) is 19.6. The molecule has 0 aliphatic carbocycles. The molecule has 6 aromatic rings. The number of fused-ring (bicyclic) bond motifs is 9. The molecule has 4 heteroatoms. The Morgan fingerprint density at radius 1 is 0.469 bits per heavy atom. The van der Waals surface area contributed by atoms with Crippen molar-refractivity contribution >= 4 is 65.8 Å². The topological polar surface area (TPSA) is 16.3 Å². The molecule has 0 radical (unpaired) electrons. The van der Waals surface area contributed by atoms with Gasteiger partial charge in [0.1, 0.15) is 11.6 Å². The van der Waals surface area contributed by atoms with Crippen molar-refractivity contribution < 1.29 is 0 Å². The molecule has 2 heterocycles. The molecule has 2 aromatic heterocycles. The van der Waals surface area contributed by atoms with E-state index >= 15 is 0 Å². The number of benzene rings is 4. The number of hydrogen-bond donors (Lipinski definition) is 0. The van der Waals surface area contributed by atoms with Gasteiger partial charge >= 0.3 is 0 Å². The van der Waals surface area contributed by atoms with Gasteiger partial charge in [-0.05, 0) is 33.7 Å². The van der Waals surface area contributed by atoms with Crippen molar-refractivity contribution in [1.29, 1.82) is 0 Å². The molecule has 0 atom stereocenters. The molecular formula is C28H28N4. The molecule has 160 valence electrons. The first-order valence-corrected chi connectivity index (χ1v) is 11.1. The molecule has 0 saturated carbocycles. The molecule has 0 bridgehead atoms. The van der Waals surface area contributed by atoms with E-state index in [-0.39, 0.29) is 0 Å². The maximum absolute atomic E-state index is 2.31. The lowest BCUT2D eigenvalue weighted by Gasteiger charge is -2.15. The maximum atomic E-state index is 2.31. The SMILES string of the molecule is CN(C)c1cc2ccc3c4ccc5c(ccc6cc(N(C)C)n(C)c65)c4ccc3c2n1C. The molecule has 32 heavy (non-hydrogen) atoms. The predicted octanol–water partition coefficient (Wildman–Crippen LogP) is 6.26. The second kappa shape index (κ2) is 6.42. The molecule has 6 rings (SSSR count). The van der Waals surface area contributed by atoms with Crippen LogP contribution in [0.4, 0.5) is 11.6 Å². The summed E-state index contributed by atoms with van der Waals surface area (Å²) in [5.74, 6) is 2.43. The van der Waals surface area contributed by atoms with E-state index in [1.54, 1.807) is 0 Å². The summed E-state index contributed by atoms with van der Waals surface area (Å²) < 4.78 is 4.61. The van der Waals surface area contributed by atoms with Gasteiger partial charge < -0.3 is 18.9 Å². The monoisotopic (exact) mass is 420 g/mol. The van der Waals surface area contributed by atoms with Crippen LogP contribution in [0.3, 0.4) is 0 Å². The minimum absolute atomic E-state index is 1.22. The lowest BCUT2D eigenvalue weighted by Crippen LogP contribution is -2.12. The second-order valence-electron chi connectivity index (χ2n) is 9.34. The Balaban J connectivity index is 1.72. The van der Waals surface area contributed by atoms with E-state index in [1.165, 1.54) is 65.8 Å². The second-order valence-corrected chi connectivity index (χ2v) is 9.34. The largest absolute Gasteiger partial charge is 0.364 e. The summed E-state index contributed by atoms with van der Waals surface area (Å²) in [5, 5.41) is 10.4. The maximum Gasteiger partial charge on any atom is 0.108 e. The van der Waals surface area contributed by atoms with E-state index in [2.05, 4.69) is 122 Å². The number of rotatable bonds is 2. The zero-order chi connectivity index (χ0) is 22.3. The number of nitrogens with zero attached hydrogens (tertiary/aromatic N) is 4. The van der Waals surface area contributed by atoms with Crippen molar-refractivity contribution in [3.63, 3.8) is 0 Å². The molecule has 4 nitrogen and oxygen atoms in total. The van der Waals surface area contributed by atoms with Crippen LogP contribution in [0.1, 0.15) is 0 Å². The smallest absolute Gasteiger partial charge is 0.108 e. The van der Waals surface area contributed by atoms with Crippen LogP contribution in [-0.4, -0.2) is 37.3 Å². The van der Waals surface area contributed by atoms with Gasteiger partial charge in [0.15, 0.2) is 0 Å². The summed E-state index contributed by atoms with van der Waals surface area (Å²) in [5.41, 5.74) is 2.59. The van der Waals surface area contributed by atoms with E-state index in [4.69, 9.17) is 0 Å². The zero-order valence-corrected chi connectivity index (χ0v) is 19.6. The molecule has 0 spiro atoms. The predicted molar refractivity (Wildman–Crippen MR) is 141 cm³/mol. The van der Waals surface area contributed by atoms with Crippen molar-refractivity contribution in [1.82, 2.24) is 9.13 Å². The average Bonchev–Trinajstić information content (AvgIpc) is 3.30. The fourth-order valence-electron chi connectivity index (χ4n) is 5.58. The highest BCUT2D eigenvalue weighted by Gasteiger charge is 2.15. The third-order valence-electron chi connectivity index (χ3n) is 7.04. The van der Waals surface area contributed by atoms with Crippen LogP contribution in [0.5, 0.6) is 0 Å². The van der Waals surface area contributed by atoms with Crippen LogP contribution in [0.25, 0.3) is 54.1 Å². The van der Waals surface area contributed by atoms with Gasteiger partial charge in [0, 0.05) is 63.8 Å². The number of aromatic nitrogens is 2. The van der Waals surface area contributed by atoms with Gasteiger partial charge in [-0.1, -0.05) is 48.5 Å². The molecule has 4 aromatic carbocycles. The van der Waals surface area contributed by atoms with Gasteiger partial charge in [0.2, 0.25) is 0 Å². The summed E-state index contributed by atoms with van der Waals surface area (Å²) in [6, 6.07) is 22.9. The minimum atomic E-state index is 1.22. The van der Waals surface area contributed by atoms with E-state index in [0.717, 1.165) is 0 Å². The van der Waals surface area contributed by atoms with Gasteiger partial charge in [0.25, 0.3) is 0 Å². The van der Waals surface area contributed by atoms with Crippen LogP contribution in [0, 0.1) is 0 Å². The summed E-state index contributed by atoms with van der Waals surface area (Å²) in [6.07, 6.45) is 0. The molecule has 0 fully saturated rings. The molecule has 0 unspecified atom stereocenters. The summed E-state index contributed by atoms with van der Waals surface area (Å²) in [6.45, 7) is 0. The number of hydrogen-bond acceptors (Lipinski definition) is 2. The average molecular weight is 421 g/mol. The Kier molecular flexibility index (Phi) is 3.83. The molecule has 0 aliphatic heterocycles. The Morgan fingerprint density at radius 2 is 0.781 bits per heavy atom. The first-order chi connectivity index (χ1) is 15.4. The van der Waals surface area contributed by atoms with Crippen molar-refractivity contribution in [2.45, 2.75) is 0 Å². The molecular weight excluding hydrogens is 392 g/mol. The lowest BCUT2D eigenvalue weighted by atomic mass is 9.95. The Morgan fingerprint density at radius 3 is 1.16 bits per heavy atom. The lowest BCUT2D eigenvalue weighted by molar-refractivity contribution is 0.918. The Hall–Kier alpha value is -3.66. The summed E-state index contributed by atoms with van der Waals surface area (Å²) in [7, 11) is 12.7. The highest BCUT2D eigenvalue weighted by atomic mass is 15.2. The third kappa shape index (κ3) is 2.38. The van der Waals surface area contributed by atoms with Gasteiger partial charge in [-0.25, -0.2) is 0 Å². The Bertz CT molecular complexity index is 1570. The van der Waals surface area contributed by atoms with E-state index in [9.17, 15) is 0 Å². The molecule has 0 N–H and O–H groups in total. The quantitative estimate of drug-likeness (QED) is 0.307. The number of anilines is 2. The van der Waals surface area contributed by atoms with Crippen molar-refractivity contribution in [3.05, 3.63) is 60.7 Å². The first-order valence-electron chi connectivity index (χ1n) is 11.1. The molecule has 0 amide bonds. The van der Waals surface area contributed by atoms with Crippen LogP contribution < -0.4 is 9.80 Å². The Labute approximate surface area is 187 Å². The van der Waals surface area contributed by atoms with Gasteiger partial charge in [-0.15, -0.1) is 0 Å². The van der Waals surface area contributed by atoms with E-state index < -0.39 is 0 Å². The van der Waals surface area contributed by atoms with Gasteiger partial charge in [0.05, 0.1) is 11.0 Å². The highest BCUT2D eigenvalue weighted by molar-refractivity contribution is 6.24. The standard InChI is InChI=1S/C28H28N4/c1-29(2)25-15-17-7-9-21-19-12-14-24-22(20(19)11-13-23(21)27(17)31(25)5)10-8-18-16-26(30(3)4)32(6)28(18)24/h7-16H,1-6H3. The van der Waals surface area contributed by atoms with Crippen LogP contribution in [-0.2, 0) is 14.1 Å². The highest BCUT2D eigenvalue weighted by Crippen LogP contribution is 2.39. The van der Waals surface area contributed by atoms with Crippen molar-refractivity contribution in [2.75, 3.05) is 38.0 Å². The number of aryl methyl sites for hydroxylation is 2. The molecule has 0 aliphatic rings. The summed E-state index contributed by atoms with van der Waals surface area (Å²) >= 11 is 0. The first kappa shape index (κ1) is 19.1. The minimum Gasteiger partial charge on any atom is -0.364 e. The van der Waals surface area contributed by atoms with Crippen LogP contribution in [0.15, 0.2) is 60.7 Å².